The van der Waals surface area contributed by atoms with E-state index in [4.69, 9.17) is 4.74 Å². The summed E-state index contributed by atoms with van der Waals surface area (Å²) >= 11 is 0. The first-order valence-corrected chi connectivity index (χ1v) is 5.28. The van der Waals surface area contributed by atoms with E-state index in [0.717, 1.165) is 17.7 Å². The zero-order chi connectivity index (χ0) is 11.1. The Hall–Kier alpha value is -1.67. The molecule has 0 spiro atoms. The lowest BCUT2D eigenvalue weighted by molar-refractivity contribution is 0.215. The van der Waals surface area contributed by atoms with Gasteiger partial charge in [0, 0.05) is 18.3 Å². The molecule has 0 aliphatic rings. The fraction of sp³-hybridized carbons (Fsp3) is 0.143. The molecule has 0 aliphatic heterocycles. The second-order valence-corrected chi connectivity index (χ2v) is 3.39. The summed E-state index contributed by atoms with van der Waals surface area (Å²) in [7, 11) is 0. The van der Waals surface area contributed by atoms with Gasteiger partial charge < -0.3 is 4.74 Å². The summed E-state index contributed by atoms with van der Waals surface area (Å²) in [5.74, 6) is 0. The summed E-state index contributed by atoms with van der Waals surface area (Å²) in [4.78, 5) is 4.22. The second kappa shape index (κ2) is 6.03. The summed E-state index contributed by atoms with van der Waals surface area (Å²) in [6, 6.07) is 15.7. The Morgan fingerprint density at radius 2 is 1.81 bits per heavy atom. The number of nitrogens with zero attached hydrogens (tertiary/aromatic N) is 1. The van der Waals surface area contributed by atoms with Gasteiger partial charge >= 0.3 is 0 Å². The molecule has 0 saturated carbocycles. The Labute approximate surface area is 95.9 Å². The van der Waals surface area contributed by atoms with E-state index in [-0.39, 0.29) is 0 Å². The van der Waals surface area contributed by atoms with E-state index in [1.54, 1.807) is 6.20 Å². The fourth-order valence-corrected chi connectivity index (χ4v) is 1.34. The molecule has 0 saturated heterocycles. The van der Waals surface area contributed by atoms with E-state index in [9.17, 15) is 0 Å². The van der Waals surface area contributed by atoms with Crippen molar-refractivity contribution in [2.75, 3.05) is 6.61 Å². The van der Waals surface area contributed by atoms with Gasteiger partial charge in [0.15, 0.2) is 6.61 Å². The van der Waals surface area contributed by atoms with Crippen LogP contribution in [0, 0.1) is 6.61 Å². The van der Waals surface area contributed by atoms with Crippen LogP contribution in [0.15, 0.2) is 54.7 Å². The third-order valence-electron chi connectivity index (χ3n) is 2.15. The van der Waals surface area contributed by atoms with Crippen LogP contribution in [-0.2, 0) is 11.2 Å². The highest BCUT2D eigenvalue weighted by atomic mass is 16.5. The summed E-state index contributed by atoms with van der Waals surface area (Å²) < 4.78 is 5.33. The molecule has 0 unspecified atom stereocenters. The Morgan fingerprint density at radius 1 is 1.00 bits per heavy atom. The first-order valence-electron chi connectivity index (χ1n) is 5.28. The number of hydrogen-bond acceptors (Lipinski definition) is 2. The van der Waals surface area contributed by atoms with E-state index >= 15 is 0 Å². The first-order chi connectivity index (χ1) is 7.95. The van der Waals surface area contributed by atoms with Crippen molar-refractivity contribution in [1.29, 1.82) is 0 Å². The number of hydrogen-bond donors (Lipinski definition) is 0. The SMILES string of the molecule is [C](OCCc1ccccn1)c1ccccc1. The molecule has 1 aromatic carbocycles. The highest BCUT2D eigenvalue weighted by Gasteiger charge is 1.96. The maximum Gasteiger partial charge on any atom is 0.166 e. The van der Waals surface area contributed by atoms with Gasteiger partial charge in [0.1, 0.15) is 0 Å². The van der Waals surface area contributed by atoms with E-state index in [1.165, 1.54) is 0 Å². The summed E-state index contributed by atoms with van der Waals surface area (Å²) in [5.41, 5.74) is 2.00. The molecule has 0 bridgehead atoms. The van der Waals surface area contributed by atoms with Gasteiger partial charge in [-0.15, -0.1) is 0 Å². The van der Waals surface area contributed by atoms with E-state index in [1.807, 2.05) is 48.5 Å². The Kier molecular flexibility index (Phi) is 4.08. The zero-order valence-corrected chi connectivity index (χ0v) is 8.97. The molecule has 2 radical (unpaired) electrons. The van der Waals surface area contributed by atoms with Crippen molar-refractivity contribution in [3.63, 3.8) is 0 Å². The minimum atomic E-state index is 0.603. The van der Waals surface area contributed by atoms with Gasteiger partial charge in [-0.2, -0.15) is 0 Å². The number of aromatic nitrogens is 1. The van der Waals surface area contributed by atoms with Crippen molar-refractivity contribution in [3.8, 4) is 0 Å². The van der Waals surface area contributed by atoms with E-state index in [0.29, 0.717) is 6.61 Å². The van der Waals surface area contributed by atoms with E-state index in [2.05, 4.69) is 11.6 Å². The second-order valence-electron chi connectivity index (χ2n) is 3.39. The number of ether oxygens (including phenoxy) is 1. The summed E-state index contributed by atoms with van der Waals surface area (Å²) in [6.07, 6.45) is 2.60. The number of rotatable bonds is 5. The molecule has 2 rings (SSSR count). The predicted octanol–water partition coefficient (Wildman–Crippen LogP) is 2.73. The van der Waals surface area contributed by atoms with Gasteiger partial charge in [0.25, 0.3) is 0 Å². The highest BCUT2D eigenvalue weighted by Crippen LogP contribution is 2.03. The molecule has 0 aliphatic carbocycles. The molecule has 0 atom stereocenters. The minimum Gasteiger partial charge on any atom is -0.363 e. The third kappa shape index (κ3) is 3.48. The number of benzene rings is 1. The molecule has 1 heterocycles. The van der Waals surface area contributed by atoms with Gasteiger partial charge in [-0.05, 0) is 17.7 Å². The summed E-state index contributed by atoms with van der Waals surface area (Å²) in [6.45, 7) is 3.49. The van der Waals surface area contributed by atoms with Crippen molar-refractivity contribution in [1.82, 2.24) is 4.98 Å². The van der Waals surface area contributed by atoms with Crippen LogP contribution in [0.5, 0.6) is 0 Å². The zero-order valence-electron chi connectivity index (χ0n) is 8.97. The monoisotopic (exact) mass is 211 g/mol. The highest BCUT2D eigenvalue weighted by molar-refractivity contribution is 5.19. The van der Waals surface area contributed by atoms with Crippen LogP contribution in [0.2, 0.25) is 0 Å². The predicted molar refractivity (Wildman–Crippen MR) is 62.7 cm³/mol. The molecular weight excluding hydrogens is 198 g/mol. The molecule has 2 nitrogen and oxygen atoms in total. The third-order valence-corrected chi connectivity index (χ3v) is 2.15. The molecular formula is C14H13NO. The first kappa shape index (κ1) is 10.8. The maximum atomic E-state index is 5.33. The normalized spacial score (nSPS) is 10.2. The molecule has 0 amide bonds. The van der Waals surface area contributed by atoms with Crippen molar-refractivity contribution in [3.05, 3.63) is 72.6 Å². The minimum absolute atomic E-state index is 0.603. The smallest absolute Gasteiger partial charge is 0.166 e. The van der Waals surface area contributed by atoms with Gasteiger partial charge in [-0.1, -0.05) is 36.4 Å². The summed E-state index contributed by atoms with van der Waals surface area (Å²) in [5, 5.41) is 0. The Morgan fingerprint density at radius 3 is 2.56 bits per heavy atom. The number of pyridine rings is 1. The van der Waals surface area contributed by atoms with Crippen molar-refractivity contribution >= 4 is 0 Å². The van der Waals surface area contributed by atoms with Crippen LogP contribution in [0.3, 0.4) is 0 Å². The maximum absolute atomic E-state index is 5.33. The fourth-order valence-electron chi connectivity index (χ4n) is 1.34. The molecule has 0 fully saturated rings. The van der Waals surface area contributed by atoms with Gasteiger partial charge in [-0.3, -0.25) is 4.98 Å². The van der Waals surface area contributed by atoms with Gasteiger partial charge in [-0.25, -0.2) is 0 Å². The van der Waals surface area contributed by atoms with Gasteiger partial charge in [0.2, 0.25) is 0 Å². The van der Waals surface area contributed by atoms with E-state index < -0.39 is 0 Å². The molecule has 80 valence electrons. The standard InChI is InChI=1S/C14H13NO/c1-2-6-13(7-3-1)12-16-11-9-14-8-4-5-10-15-14/h1-8,10H,9,11H2. The topological polar surface area (TPSA) is 22.1 Å². The Bertz CT molecular complexity index is 358. The van der Waals surface area contributed by atoms with Crippen LogP contribution in [0.4, 0.5) is 0 Å². The Balaban J connectivity index is 1.70. The molecule has 16 heavy (non-hydrogen) atoms. The lowest BCUT2D eigenvalue weighted by atomic mass is 10.2. The molecule has 2 aromatic rings. The van der Waals surface area contributed by atoms with Crippen LogP contribution in [0.25, 0.3) is 0 Å². The average Bonchev–Trinajstić information content (AvgIpc) is 2.37. The molecule has 1 aromatic heterocycles. The van der Waals surface area contributed by atoms with Crippen molar-refractivity contribution in [2.24, 2.45) is 0 Å². The lowest BCUT2D eigenvalue weighted by Crippen LogP contribution is -1.98. The lowest BCUT2D eigenvalue weighted by Gasteiger charge is -2.02. The van der Waals surface area contributed by atoms with Gasteiger partial charge in [0.05, 0.1) is 6.61 Å². The molecule has 2 heteroatoms. The molecule has 0 N–H and O–H groups in total. The van der Waals surface area contributed by atoms with Crippen LogP contribution in [0.1, 0.15) is 11.3 Å². The quantitative estimate of drug-likeness (QED) is 0.709. The van der Waals surface area contributed by atoms with Crippen LogP contribution in [-0.4, -0.2) is 11.6 Å². The largest absolute Gasteiger partial charge is 0.363 e. The van der Waals surface area contributed by atoms with Crippen LogP contribution >= 0.6 is 0 Å². The van der Waals surface area contributed by atoms with Crippen LogP contribution < -0.4 is 0 Å². The van der Waals surface area contributed by atoms with Crippen molar-refractivity contribution < 1.29 is 4.74 Å². The van der Waals surface area contributed by atoms with Crippen molar-refractivity contribution in [2.45, 2.75) is 6.42 Å². The average molecular weight is 211 g/mol.